The van der Waals surface area contributed by atoms with E-state index in [2.05, 4.69) is 27.6 Å². The summed E-state index contributed by atoms with van der Waals surface area (Å²) in [5.74, 6) is 0.930. The smallest absolute Gasteiger partial charge is 0.250 e. The number of fused-ring (bicyclic) bond motifs is 2. The van der Waals surface area contributed by atoms with Crippen LogP contribution in [0.25, 0.3) is 22.4 Å². The minimum Gasteiger partial charge on any atom is -0.366 e. The van der Waals surface area contributed by atoms with E-state index in [0.717, 1.165) is 36.2 Å². The van der Waals surface area contributed by atoms with Crippen LogP contribution in [0.5, 0.6) is 0 Å². The Hall–Kier alpha value is -3.74. The maximum atomic E-state index is 11.7. The fourth-order valence-electron chi connectivity index (χ4n) is 3.88. The molecule has 0 saturated heterocycles. The molecular weight excluding hydrogens is 364 g/mol. The number of nitrogens with zero attached hydrogens (tertiary/aromatic N) is 3. The third-order valence-corrected chi connectivity index (χ3v) is 5.31. The summed E-state index contributed by atoms with van der Waals surface area (Å²) in [4.78, 5) is 21.3. The summed E-state index contributed by atoms with van der Waals surface area (Å²) in [6.45, 7) is 0.694. The number of primary amides is 1. The molecule has 5 rings (SSSR count). The van der Waals surface area contributed by atoms with Crippen molar-refractivity contribution in [1.29, 1.82) is 0 Å². The van der Waals surface area contributed by atoms with Crippen LogP contribution in [0.2, 0.25) is 0 Å². The lowest BCUT2D eigenvalue weighted by Crippen LogP contribution is -2.11. The molecule has 0 atom stereocenters. The number of carbonyl (C=O) groups excluding carboxylic acids is 1. The second-order valence-electron chi connectivity index (χ2n) is 7.18. The number of amides is 1. The minimum absolute atomic E-state index is 0.383. The molecule has 4 aromatic rings. The van der Waals surface area contributed by atoms with E-state index in [-0.39, 0.29) is 0 Å². The zero-order valence-corrected chi connectivity index (χ0v) is 15.8. The number of benzene rings is 2. The van der Waals surface area contributed by atoms with E-state index in [1.165, 1.54) is 11.1 Å². The number of carbonyl (C=O) groups is 1. The van der Waals surface area contributed by atoms with E-state index in [1.54, 1.807) is 12.1 Å². The first-order chi connectivity index (χ1) is 14.2. The number of nitrogens with two attached hydrogens (primary N) is 1. The average molecular weight is 384 g/mol. The number of aryl methyl sites for hydroxylation is 1. The molecule has 1 aliphatic rings. The molecule has 144 valence electrons. The molecule has 1 amide bonds. The summed E-state index contributed by atoms with van der Waals surface area (Å²) < 4.78 is 0. The van der Waals surface area contributed by atoms with Gasteiger partial charge in [0.25, 0.3) is 5.91 Å². The van der Waals surface area contributed by atoms with Crippen molar-refractivity contribution in [3.05, 3.63) is 70.9 Å². The van der Waals surface area contributed by atoms with Crippen LogP contribution < -0.4 is 11.1 Å². The SMILES string of the molecule is NC(=O)c1cccc2c(-c3nc4c(c(NCc5ccccc5)n3)CCC4)[nH]nc12. The topological polar surface area (TPSA) is 110 Å². The largest absolute Gasteiger partial charge is 0.366 e. The number of hydrogen-bond acceptors (Lipinski definition) is 5. The van der Waals surface area contributed by atoms with E-state index in [4.69, 9.17) is 15.7 Å². The van der Waals surface area contributed by atoms with Gasteiger partial charge < -0.3 is 11.1 Å². The highest BCUT2D eigenvalue weighted by molar-refractivity contribution is 6.07. The maximum Gasteiger partial charge on any atom is 0.250 e. The van der Waals surface area contributed by atoms with Crippen LogP contribution in [-0.4, -0.2) is 26.1 Å². The molecular formula is C22H20N6O. The second kappa shape index (κ2) is 7.01. The van der Waals surface area contributed by atoms with E-state index in [0.29, 0.717) is 29.1 Å². The number of hydrogen-bond donors (Lipinski definition) is 3. The standard InChI is InChI=1S/C22H20N6O/c23-20(29)16-10-4-9-15-18(16)27-28-19(15)22-25-17-11-5-8-14(17)21(26-22)24-12-13-6-2-1-3-7-13/h1-4,6-7,9-10H,5,8,11-12H2,(H2,23,29)(H,27,28)(H,24,25,26). The van der Waals surface area contributed by atoms with Gasteiger partial charge in [-0.1, -0.05) is 42.5 Å². The lowest BCUT2D eigenvalue weighted by atomic mass is 10.1. The van der Waals surface area contributed by atoms with E-state index in [1.807, 2.05) is 24.3 Å². The third kappa shape index (κ3) is 3.10. The molecule has 0 saturated carbocycles. The van der Waals surface area contributed by atoms with Crippen molar-refractivity contribution in [1.82, 2.24) is 20.2 Å². The highest BCUT2D eigenvalue weighted by Gasteiger charge is 2.22. The van der Waals surface area contributed by atoms with Crippen LogP contribution in [0.15, 0.2) is 48.5 Å². The molecule has 0 unspecified atom stereocenters. The van der Waals surface area contributed by atoms with Gasteiger partial charge in [-0.2, -0.15) is 5.10 Å². The van der Waals surface area contributed by atoms with Crippen LogP contribution >= 0.6 is 0 Å². The molecule has 7 heteroatoms. The maximum absolute atomic E-state index is 11.7. The van der Waals surface area contributed by atoms with Gasteiger partial charge in [-0.3, -0.25) is 9.89 Å². The zero-order chi connectivity index (χ0) is 19.8. The Balaban J connectivity index is 1.57. The summed E-state index contributed by atoms with van der Waals surface area (Å²) in [5.41, 5.74) is 10.6. The van der Waals surface area contributed by atoms with Gasteiger partial charge in [-0.25, -0.2) is 9.97 Å². The minimum atomic E-state index is -0.506. The summed E-state index contributed by atoms with van der Waals surface area (Å²) in [6.07, 6.45) is 2.98. The van der Waals surface area contributed by atoms with Crippen molar-refractivity contribution in [3.8, 4) is 11.5 Å². The number of aromatic nitrogens is 4. The van der Waals surface area contributed by atoms with E-state index >= 15 is 0 Å². The second-order valence-corrected chi connectivity index (χ2v) is 7.18. The summed E-state index contributed by atoms with van der Waals surface area (Å²) >= 11 is 0. The fraction of sp³-hybridized carbons (Fsp3) is 0.182. The zero-order valence-electron chi connectivity index (χ0n) is 15.8. The normalized spacial score (nSPS) is 12.8. The molecule has 2 aromatic carbocycles. The fourth-order valence-corrected chi connectivity index (χ4v) is 3.88. The van der Waals surface area contributed by atoms with Crippen molar-refractivity contribution in [2.45, 2.75) is 25.8 Å². The van der Waals surface area contributed by atoms with Gasteiger partial charge in [0.1, 0.15) is 17.0 Å². The molecule has 1 aliphatic carbocycles. The lowest BCUT2D eigenvalue weighted by Gasteiger charge is -2.12. The van der Waals surface area contributed by atoms with Crippen molar-refractivity contribution in [3.63, 3.8) is 0 Å². The first-order valence-corrected chi connectivity index (χ1v) is 9.65. The van der Waals surface area contributed by atoms with Gasteiger partial charge in [-0.15, -0.1) is 0 Å². The van der Waals surface area contributed by atoms with Crippen LogP contribution in [0.3, 0.4) is 0 Å². The van der Waals surface area contributed by atoms with Crippen LogP contribution in [-0.2, 0) is 19.4 Å². The van der Waals surface area contributed by atoms with Gasteiger partial charge >= 0.3 is 0 Å². The Morgan fingerprint density at radius 3 is 2.76 bits per heavy atom. The predicted molar refractivity (Wildman–Crippen MR) is 111 cm³/mol. The van der Waals surface area contributed by atoms with E-state index < -0.39 is 5.91 Å². The first-order valence-electron chi connectivity index (χ1n) is 9.65. The quantitative estimate of drug-likeness (QED) is 0.489. The van der Waals surface area contributed by atoms with Crippen molar-refractivity contribution >= 4 is 22.6 Å². The molecule has 0 fully saturated rings. The predicted octanol–water partition coefficient (Wildman–Crippen LogP) is 3.22. The summed E-state index contributed by atoms with van der Waals surface area (Å²) in [6, 6.07) is 15.6. The molecule has 0 radical (unpaired) electrons. The number of nitrogens with one attached hydrogen (secondary N) is 2. The number of para-hydroxylation sites is 1. The first kappa shape index (κ1) is 17.4. The average Bonchev–Trinajstić information content (AvgIpc) is 3.39. The summed E-state index contributed by atoms with van der Waals surface area (Å²) in [7, 11) is 0. The Bertz CT molecular complexity index is 1210. The van der Waals surface area contributed by atoms with Gasteiger partial charge in [0.2, 0.25) is 0 Å². The van der Waals surface area contributed by atoms with Gasteiger partial charge in [0.05, 0.1) is 5.56 Å². The van der Waals surface area contributed by atoms with Gasteiger partial charge in [0, 0.05) is 23.2 Å². The molecule has 0 spiro atoms. The molecule has 0 bridgehead atoms. The highest BCUT2D eigenvalue weighted by atomic mass is 16.1. The molecule has 0 aliphatic heterocycles. The molecule has 4 N–H and O–H groups in total. The highest BCUT2D eigenvalue weighted by Crippen LogP contribution is 2.32. The number of rotatable bonds is 5. The van der Waals surface area contributed by atoms with Crippen LogP contribution in [0, 0.1) is 0 Å². The molecule has 29 heavy (non-hydrogen) atoms. The monoisotopic (exact) mass is 384 g/mol. The number of H-pyrrole nitrogens is 1. The lowest BCUT2D eigenvalue weighted by molar-refractivity contribution is 0.100. The van der Waals surface area contributed by atoms with Crippen LogP contribution in [0.1, 0.15) is 33.6 Å². The molecule has 7 nitrogen and oxygen atoms in total. The van der Waals surface area contributed by atoms with Crippen LogP contribution in [0.4, 0.5) is 5.82 Å². The van der Waals surface area contributed by atoms with E-state index in [9.17, 15) is 4.79 Å². The Morgan fingerprint density at radius 2 is 1.93 bits per heavy atom. The Morgan fingerprint density at radius 1 is 1.07 bits per heavy atom. The molecule has 2 aromatic heterocycles. The Labute approximate surface area is 167 Å². The number of aromatic amines is 1. The third-order valence-electron chi connectivity index (χ3n) is 5.31. The van der Waals surface area contributed by atoms with Gasteiger partial charge in [-0.05, 0) is 30.9 Å². The van der Waals surface area contributed by atoms with Crippen molar-refractivity contribution in [2.24, 2.45) is 5.73 Å². The number of anilines is 1. The Kier molecular flexibility index (Phi) is 4.20. The summed E-state index contributed by atoms with van der Waals surface area (Å²) in [5, 5.41) is 11.6. The van der Waals surface area contributed by atoms with Gasteiger partial charge in [0.15, 0.2) is 5.82 Å². The van der Waals surface area contributed by atoms with Crippen molar-refractivity contribution < 1.29 is 4.79 Å². The van der Waals surface area contributed by atoms with Crippen molar-refractivity contribution in [2.75, 3.05) is 5.32 Å². The molecule has 2 heterocycles.